The molecule has 0 unspecified atom stereocenters. The summed E-state index contributed by atoms with van der Waals surface area (Å²) in [7, 11) is 0. The number of hydrogen-bond donors (Lipinski definition) is 0. The fourth-order valence-electron chi connectivity index (χ4n) is 4.02. The van der Waals surface area contributed by atoms with Crippen LogP contribution in [0, 0.1) is 0 Å². The maximum Gasteiger partial charge on any atom is 0.274 e. The second-order valence-corrected chi connectivity index (χ2v) is 7.95. The Morgan fingerprint density at radius 1 is 1.03 bits per heavy atom. The Balaban J connectivity index is 1.17. The maximum absolute atomic E-state index is 12.8. The van der Waals surface area contributed by atoms with Crippen molar-refractivity contribution in [3.05, 3.63) is 58.8 Å². The van der Waals surface area contributed by atoms with Crippen molar-refractivity contribution in [2.45, 2.75) is 19.5 Å². The van der Waals surface area contributed by atoms with E-state index in [1.807, 2.05) is 17.0 Å². The van der Waals surface area contributed by atoms with Crippen LogP contribution >= 0.6 is 0 Å². The summed E-state index contributed by atoms with van der Waals surface area (Å²) in [5, 5.41) is 8.89. The minimum absolute atomic E-state index is 0.0581. The van der Waals surface area contributed by atoms with E-state index in [2.05, 4.69) is 20.1 Å². The van der Waals surface area contributed by atoms with E-state index in [1.54, 1.807) is 35.3 Å². The molecule has 10 nitrogen and oxygen atoms in total. The molecule has 1 fully saturated rings. The Labute approximate surface area is 185 Å². The summed E-state index contributed by atoms with van der Waals surface area (Å²) in [4.78, 5) is 33.3. The van der Waals surface area contributed by atoms with E-state index < -0.39 is 0 Å². The second kappa shape index (κ2) is 8.91. The van der Waals surface area contributed by atoms with Crippen LogP contribution in [0.5, 0.6) is 5.88 Å². The van der Waals surface area contributed by atoms with Crippen LogP contribution in [0.3, 0.4) is 0 Å². The third-order valence-corrected chi connectivity index (χ3v) is 5.84. The fraction of sp³-hybridized carbons (Fsp3) is 0.409. The predicted molar refractivity (Wildman–Crippen MR) is 116 cm³/mol. The molecule has 1 saturated heterocycles. The Morgan fingerprint density at radius 2 is 1.91 bits per heavy atom. The van der Waals surface area contributed by atoms with Gasteiger partial charge in [0.1, 0.15) is 0 Å². The van der Waals surface area contributed by atoms with Crippen molar-refractivity contribution in [2.24, 2.45) is 0 Å². The highest BCUT2D eigenvalue weighted by molar-refractivity contribution is 5.92. The highest BCUT2D eigenvalue weighted by Gasteiger charge is 2.26. The Bertz CT molecular complexity index is 1130. The number of aromatic nitrogens is 5. The van der Waals surface area contributed by atoms with Gasteiger partial charge in [-0.3, -0.25) is 19.5 Å². The molecule has 0 N–H and O–H groups in total. The zero-order chi connectivity index (χ0) is 21.9. The summed E-state index contributed by atoms with van der Waals surface area (Å²) >= 11 is 0. The second-order valence-electron chi connectivity index (χ2n) is 7.95. The number of carbonyl (C=O) groups excluding carboxylic acids is 1. The summed E-state index contributed by atoms with van der Waals surface area (Å²) < 4.78 is 8.82. The van der Waals surface area contributed by atoms with E-state index in [1.165, 1.54) is 4.68 Å². The first-order valence-corrected chi connectivity index (χ1v) is 10.9. The van der Waals surface area contributed by atoms with E-state index in [4.69, 9.17) is 4.74 Å². The number of nitrogens with zero attached hydrogens (tertiary/aromatic N) is 7. The first-order chi connectivity index (χ1) is 15.7. The van der Waals surface area contributed by atoms with Crippen LogP contribution in [0.15, 0.2) is 47.5 Å². The predicted octanol–water partition coefficient (Wildman–Crippen LogP) is 0.742. The van der Waals surface area contributed by atoms with E-state index >= 15 is 0 Å². The average Bonchev–Trinajstić information content (AvgIpc) is 3.28. The van der Waals surface area contributed by atoms with Gasteiger partial charge in [0.25, 0.3) is 11.5 Å². The lowest BCUT2D eigenvalue weighted by Gasteiger charge is -2.34. The molecule has 3 aromatic rings. The van der Waals surface area contributed by atoms with Gasteiger partial charge in [0.05, 0.1) is 18.8 Å². The highest BCUT2D eigenvalue weighted by Crippen LogP contribution is 2.20. The minimum atomic E-state index is -0.127. The van der Waals surface area contributed by atoms with Crippen molar-refractivity contribution < 1.29 is 9.53 Å². The first kappa shape index (κ1) is 20.4. The van der Waals surface area contributed by atoms with Gasteiger partial charge >= 0.3 is 0 Å². The molecular formula is C22H25N7O3. The fourth-order valence-corrected chi connectivity index (χ4v) is 4.02. The number of rotatable bonds is 5. The third-order valence-electron chi connectivity index (χ3n) is 5.84. The van der Waals surface area contributed by atoms with Gasteiger partial charge < -0.3 is 9.64 Å². The van der Waals surface area contributed by atoms with Crippen molar-refractivity contribution in [1.82, 2.24) is 34.3 Å². The van der Waals surface area contributed by atoms with Gasteiger partial charge in [-0.2, -0.15) is 10.2 Å². The molecule has 0 radical (unpaired) electrons. The smallest absolute Gasteiger partial charge is 0.274 e. The molecule has 5 rings (SSSR count). The van der Waals surface area contributed by atoms with Gasteiger partial charge in [-0.1, -0.05) is 0 Å². The van der Waals surface area contributed by atoms with Gasteiger partial charge in [0.2, 0.25) is 5.88 Å². The molecule has 0 saturated carbocycles. The molecule has 5 heterocycles. The molecule has 0 aliphatic carbocycles. The number of piperazine rings is 1. The van der Waals surface area contributed by atoms with Crippen molar-refractivity contribution in [3.63, 3.8) is 0 Å². The number of ether oxygens (including phenoxy) is 1. The summed E-state index contributed by atoms with van der Waals surface area (Å²) in [5.74, 6) is 0.613. The third kappa shape index (κ3) is 4.26. The van der Waals surface area contributed by atoms with Crippen molar-refractivity contribution >= 4 is 5.91 Å². The lowest BCUT2D eigenvalue weighted by atomic mass is 10.2. The van der Waals surface area contributed by atoms with Crippen LogP contribution in [-0.2, 0) is 13.1 Å². The summed E-state index contributed by atoms with van der Waals surface area (Å²) in [6.07, 6.45) is 4.35. The summed E-state index contributed by atoms with van der Waals surface area (Å²) in [6, 6.07) is 8.77. The van der Waals surface area contributed by atoms with E-state index in [-0.39, 0.29) is 11.5 Å². The number of aryl methyl sites for hydroxylation is 1. The van der Waals surface area contributed by atoms with Crippen molar-refractivity contribution in [3.8, 4) is 17.1 Å². The SMILES string of the molecule is O=C(c1cc2n(n1)CCCO2)N1CCN(CCn2nc(-c3cccnc3)ccc2=O)CC1. The highest BCUT2D eigenvalue weighted by atomic mass is 16.5. The van der Waals surface area contributed by atoms with Crippen molar-refractivity contribution in [2.75, 3.05) is 39.3 Å². The van der Waals surface area contributed by atoms with Crippen LogP contribution in [0.2, 0.25) is 0 Å². The number of hydrogen-bond acceptors (Lipinski definition) is 7. The Hall–Kier alpha value is -3.53. The van der Waals surface area contributed by atoms with Crippen LogP contribution in [0.1, 0.15) is 16.9 Å². The molecule has 166 valence electrons. The zero-order valence-corrected chi connectivity index (χ0v) is 17.8. The molecule has 2 aliphatic rings. The molecule has 0 spiro atoms. The molecule has 10 heteroatoms. The van der Waals surface area contributed by atoms with Crippen molar-refractivity contribution in [1.29, 1.82) is 0 Å². The van der Waals surface area contributed by atoms with Gasteiger partial charge in [0, 0.05) is 75.8 Å². The molecule has 3 aromatic heterocycles. The summed E-state index contributed by atoms with van der Waals surface area (Å²) in [6.45, 7) is 5.37. The zero-order valence-electron chi connectivity index (χ0n) is 17.8. The molecule has 32 heavy (non-hydrogen) atoms. The number of fused-ring (bicyclic) bond motifs is 1. The maximum atomic E-state index is 12.8. The Kier molecular flexibility index (Phi) is 5.68. The molecule has 1 amide bonds. The molecule has 2 aliphatic heterocycles. The average molecular weight is 435 g/mol. The topological polar surface area (TPSA) is 98.4 Å². The first-order valence-electron chi connectivity index (χ1n) is 10.9. The van der Waals surface area contributed by atoms with E-state index in [0.29, 0.717) is 44.4 Å². The number of carbonyl (C=O) groups is 1. The van der Waals surface area contributed by atoms with Crippen LogP contribution < -0.4 is 10.3 Å². The van der Waals surface area contributed by atoms with Crippen LogP contribution in [0.25, 0.3) is 11.3 Å². The molecule has 0 atom stereocenters. The van der Waals surface area contributed by atoms with E-state index in [9.17, 15) is 9.59 Å². The van der Waals surface area contributed by atoms with E-state index in [0.717, 1.165) is 37.3 Å². The lowest BCUT2D eigenvalue weighted by Crippen LogP contribution is -2.49. The van der Waals surface area contributed by atoms with Gasteiger partial charge in [0.15, 0.2) is 5.69 Å². The minimum Gasteiger partial charge on any atom is -0.478 e. The van der Waals surface area contributed by atoms with Crippen LogP contribution in [-0.4, -0.2) is 79.6 Å². The molecular weight excluding hydrogens is 410 g/mol. The standard InChI is InChI=1S/C22H25N7O3/c30-20-5-4-18(17-3-1-6-23-16-17)24-28(20)13-10-26-8-11-27(12-9-26)22(31)19-15-21-29(25-19)7-2-14-32-21/h1,3-6,15-16H,2,7-14H2. The van der Waals surface area contributed by atoms with Gasteiger partial charge in [-0.25, -0.2) is 9.36 Å². The molecule has 0 bridgehead atoms. The summed E-state index contributed by atoms with van der Waals surface area (Å²) in [5.41, 5.74) is 1.91. The number of amides is 1. The Morgan fingerprint density at radius 3 is 2.69 bits per heavy atom. The largest absolute Gasteiger partial charge is 0.478 e. The monoisotopic (exact) mass is 435 g/mol. The van der Waals surface area contributed by atoms with Gasteiger partial charge in [-0.05, 0) is 18.2 Å². The van der Waals surface area contributed by atoms with Gasteiger partial charge in [-0.15, -0.1) is 0 Å². The normalized spacial score (nSPS) is 16.4. The number of pyridine rings is 1. The van der Waals surface area contributed by atoms with Crippen LogP contribution in [0.4, 0.5) is 0 Å². The lowest BCUT2D eigenvalue weighted by molar-refractivity contribution is 0.0624. The quantitative estimate of drug-likeness (QED) is 0.583. The molecule has 0 aromatic carbocycles.